The first-order valence-corrected chi connectivity index (χ1v) is 7.42. The van der Waals surface area contributed by atoms with E-state index in [1.54, 1.807) is 23.4 Å². The number of aromatic nitrogens is 1. The predicted octanol–water partition coefficient (Wildman–Crippen LogP) is 2.60. The SMILES string of the molecule is COC(=O)CCN(Cc1cccnc1)C(=O)c1cccc(C)c1. The van der Waals surface area contributed by atoms with Crippen LogP contribution in [0.1, 0.15) is 27.9 Å². The number of amides is 1. The maximum absolute atomic E-state index is 12.8. The standard InChI is InChI=1S/C18H20N2O3/c1-14-5-3-7-16(11-14)18(22)20(10-8-17(21)23-2)13-15-6-4-9-19-12-15/h3-7,9,11-12H,8,10,13H2,1-2H3. The summed E-state index contributed by atoms with van der Waals surface area (Å²) in [6.07, 6.45) is 3.56. The van der Waals surface area contributed by atoms with Gasteiger partial charge in [-0.25, -0.2) is 0 Å². The fraction of sp³-hybridized carbons (Fsp3) is 0.278. The number of benzene rings is 1. The molecule has 1 aromatic carbocycles. The number of carbonyl (C=O) groups excluding carboxylic acids is 2. The summed E-state index contributed by atoms with van der Waals surface area (Å²) in [6.45, 7) is 2.64. The lowest BCUT2D eigenvalue weighted by atomic mass is 10.1. The molecule has 0 saturated heterocycles. The van der Waals surface area contributed by atoms with Gasteiger partial charge in [-0.1, -0.05) is 23.8 Å². The van der Waals surface area contributed by atoms with Gasteiger partial charge in [-0.05, 0) is 30.7 Å². The van der Waals surface area contributed by atoms with Gasteiger partial charge in [-0.3, -0.25) is 14.6 Å². The van der Waals surface area contributed by atoms with E-state index in [4.69, 9.17) is 0 Å². The predicted molar refractivity (Wildman–Crippen MR) is 86.8 cm³/mol. The summed E-state index contributed by atoms with van der Waals surface area (Å²) in [6, 6.07) is 11.1. The summed E-state index contributed by atoms with van der Waals surface area (Å²) in [4.78, 5) is 29.9. The van der Waals surface area contributed by atoms with E-state index in [2.05, 4.69) is 9.72 Å². The molecule has 0 aliphatic rings. The van der Waals surface area contributed by atoms with Gasteiger partial charge in [-0.15, -0.1) is 0 Å². The average Bonchev–Trinajstić information content (AvgIpc) is 2.58. The lowest BCUT2D eigenvalue weighted by Crippen LogP contribution is -2.32. The molecule has 1 aromatic heterocycles. The minimum absolute atomic E-state index is 0.110. The summed E-state index contributed by atoms with van der Waals surface area (Å²) in [5.74, 6) is -0.445. The molecule has 0 unspecified atom stereocenters. The van der Waals surface area contributed by atoms with Crippen LogP contribution in [0.5, 0.6) is 0 Å². The number of carbonyl (C=O) groups is 2. The lowest BCUT2D eigenvalue weighted by molar-refractivity contribution is -0.140. The van der Waals surface area contributed by atoms with Crippen molar-refractivity contribution in [2.45, 2.75) is 19.9 Å². The summed E-state index contributed by atoms with van der Waals surface area (Å²) in [5, 5.41) is 0. The fourth-order valence-electron chi connectivity index (χ4n) is 2.25. The summed E-state index contributed by atoms with van der Waals surface area (Å²) < 4.78 is 4.67. The number of ether oxygens (including phenoxy) is 1. The van der Waals surface area contributed by atoms with Crippen molar-refractivity contribution < 1.29 is 14.3 Å². The number of hydrogen-bond acceptors (Lipinski definition) is 4. The quantitative estimate of drug-likeness (QED) is 0.769. The molecule has 1 amide bonds. The lowest BCUT2D eigenvalue weighted by Gasteiger charge is -2.22. The van der Waals surface area contributed by atoms with E-state index in [-0.39, 0.29) is 18.3 Å². The molecule has 23 heavy (non-hydrogen) atoms. The van der Waals surface area contributed by atoms with Gasteiger partial charge in [0.15, 0.2) is 0 Å². The van der Waals surface area contributed by atoms with Crippen molar-refractivity contribution in [3.8, 4) is 0 Å². The second kappa shape index (κ2) is 8.08. The molecule has 0 atom stereocenters. The molecule has 0 fully saturated rings. The largest absolute Gasteiger partial charge is 0.469 e. The van der Waals surface area contributed by atoms with Crippen molar-refractivity contribution in [1.82, 2.24) is 9.88 Å². The maximum Gasteiger partial charge on any atom is 0.307 e. The van der Waals surface area contributed by atoms with E-state index in [9.17, 15) is 9.59 Å². The van der Waals surface area contributed by atoms with Gasteiger partial charge in [-0.2, -0.15) is 0 Å². The van der Waals surface area contributed by atoms with Crippen LogP contribution in [0.4, 0.5) is 0 Å². The summed E-state index contributed by atoms with van der Waals surface area (Å²) in [7, 11) is 1.34. The Labute approximate surface area is 135 Å². The van der Waals surface area contributed by atoms with E-state index < -0.39 is 0 Å². The van der Waals surface area contributed by atoms with Gasteiger partial charge in [0, 0.05) is 31.0 Å². The molecule has 0 saturated carbocycles. The van der Waals surface area contributed by atoms with E-state index in [1.165, 1.54) is 7.11 Å². The topological polar surface area (TPSA) is 59.5 Å². The number of hydrogen-bond donors (Lipinski definition) is 0. The molecule has 0 bridgehead atoms. The highest BCUT2D eigenvalue weighted by atomic mass is 16.5. The zero-order valence-electron chi connectivity index (χ0n) is 13.4. The number of methoxy groups -OCH3 is 1. The van der Waals surface area contributed by atoms with E-state index in [0.717, 1.165) is 11.1 Å². The Balaban J connectivity index is 2.17. The van der Waals surface area contributed by atoms with Gasteiger partial charge in [0.25, 0.3) is 5.91 Å². The molecule has 0 aliphatic heterocycles. The van der Waals surface area contributed by atoms with Crippen molar-refractivity contribution in [3.05, 3.63) is 65.5 Å². The van der Waals surface area contributed by atoms with Crippen LogP contribution >= 0.6 is 0 Å². The molecule has 120 valence electrons. The van der Waals surface area contributed by atoms with Crippen molar-refractivity contribution in [3.63, 3.8) is 0 Å². The Bertz CT molecular complexity index is 671. The summed E-state index contributed by atoms with van der Waals surface area (Å²) >= 11 is 0. The van der Waals surface area contributed by atoms with Crippen LogP contribution in [0.15, 0.2) is 48.8 Å². The molecular weight excluding hydrogens is 292 g/mol. The van der Waals surface area contributed by atoms with Crippen molar-refractivity contribution in [1.29, 1.82) is 0 Å². The molecule has 2 aromatic rings. The van der Waals surface area contributed by atoms with Gasteiger partial charge in [0.05, 0.1) is 13.5 Å². The number of nitrogens with zero attached hydrogens (tertiary/aromatic N) is 2. The number of pyridine rings is 1. The Kier molecular flexibility index (Phi) is 5.86. The minimum atomic E-state index is -0.335. The molecule has 0 aliphatic carbocycles. The first-order chi connectivity index (χ1) is 11.1. The second-order valence-electron chi connectivity index (χ2n) is 5.28. The van der Waals surface area contributed by atoms with Gasteiger partial charge in [0.1, 0.15) is 0 Å². The summed E-state index contributed by atoms with van der Waals surface area (Å²) in [5.41, 5.74) is 2.54. The molecule has 5 heteroatoms. The Morgan fingerprint density at radius 3 is 2.70 bits per heavy atom. The van der Waals surface area contributed by atoms with Crippen molar-refractivity contribution in [2.24, 2.45) is 0 Å². The highest BCUT2D eigenvalue weighted by Gasteiger charge is 2.17. The highest BCUT2D eigenvalue weighted by Crippen LogP contribution is 2.12. The maximum atomic E-state index is 12.8. The molecule has 2 rings (SSSR count). The third-order valence-electron chi connectivity index (χ3n) is 3.46. The Morgan fingerprint density at radius 1 is 1.22 bits per heavy atom. The molecule has 5 nitrogen and oxygen atoms in total. The number of aryl methyl sites for hydroxylation is 1. The zero-order valence-corrected chi connectivity index (χ0v) is 13.4. The van der Waals surface area contributed by atoms with Crippen LogP contribution in [-0.2, 0) is 16.1 Å². The average molecular weight is 312 g/mol. The Morgan fingerprint density at radius 2 is 2.04 bits per heavy atom. The van der Waals surface area contributed by atoms with Gasteiger partial charge < -0.3 is 9.64 Å². The zero-order chi connectivity index (χ0) is 16.7. The minimum Gasteiger partial charge on any atom is -0.469 e. The molecule has 0 N–H and O–H groups in total. The van der Waals surface area contributed by atoms with Crippen LogP contribution in [0, 0.1) is 6.92 Å². The van der Waals surface area contributed by atoms with E-state index in [1.807, 2.05) is 37.3 Å². The van der Waals surface area contributed by atoms with Crippen LogP contribution < -0.4 is 0 Å². The van der Waals surface area contributed by atoms with Crippen molar-refractivity contribution >= 4 is 11.9 Å². The molecular formula is C18H20N2O3. The first kappa shape index (κ1) is 16.7. The third-order valence-corrected chi connectivity index (χ3v) is 3.46. The molecule has 1 heterocycles. The smallest absolute Gasteiger partial charge is 0.307 e. The molecule has 0 spiro atoms. The van der Waals surface area contributed by atoms with Crippen LogP contribution in [0.3, 0.4) is 0 Å². The van der Waals surface area contributed by atoms with Crippen molar-refractivity contribution in [2.75, 3.05) is 13.7 Å². The van der Waals surface area contributed by atoms with Crippen LogP contribution in [-0.4, -0.2) is 35.4 Å². The monoisotopic (exact) mass is 312 g/mol. The normalized spacial score (nSPS) is 10.2. The van der Waals surface area contributed by atoms with Gasteiger partial charge >= 0.3 is 5.97 Å². The number of rotatable bonds is 6. The van der Waals surface area contributed by atoms with E-state index in [0.29, 0.717) is 18.7 Å². The second-order valence-corrected chi connectivity index (χ2v) is 5.28. The third kappa shape index (κ3) is 4.92. The Hall–Kier alpha value is -2.69. The first-order valence-electron chi connectivity index (χ1n) is 7.42. The van der Waals surface area contributed by atoms with E-state index >= 15 is 0 Å². The fourth-order valence-corrected chi connectivity index (χ4v) is 2.25. The van der Waals surface area contributed by atoms with Gasteiger partial charge in [0.2, 0.25) is 0 Å². The van der Waals surface area contributed by atoms with Crippen LogP contribution in [0.25, 0.3) is 0 Å². The molecule has 0 radical (unpaired) electrons. The highest BCUT2D eigenvalue weighted by molar-refractivity contribution is 5.94. The van der Waals surface area contributed by atoms with Crippen LogP contribution in [0.2, 0.25) is 0 Å². The number of esters is 1.